The summed E-state index contributed by atoms with van der Waals surface area (Å²) >= 11 is 0. The quantitative estimate of drug-likeness (QED) is 0.850. The zero-order chi connectivity index (χ0) is 15.4. The molecule has 1 aliphatic heterocycles. The second-order valence-corrected chi connectivity index (χ2v) is 5.95. The number of hydrogen-bond acceptors (Lipinski definition) is 3. The highest BCUT2D eigenvalue weighted by Gasteiger charge is 2.27. The van der Waals surface area contributed by atoms with Gasteiger partial charge in [-0.2, -0.15) is 5.10 Å². The van der Waals surface area contributed by atoms with E-state index in [-0.39, 0.29) is 0 Å². The van der Waals surface area contributed by atoms with Crippen LogP contribution in [0.3, 0.4) is 0 Å². The van der Waals surface area contributed by atoms with Gasteiger partial charge in [0.2, 0.25) is 0 Å². The summed E-state index contributed by atoms with van der Waals surface area (Å²) in [6.07, 6.45) is 3.23. The van der Waals surface area contributed by atoms with Crippen LogP contribution < -0.4 is 0 Å². The van der Waals surface area contributed by atoms with Gasteiger partial charge in [0.25, 0.3) is 0 Å². The van der Waals surface area contributed by atoms with Crippen molar-refractivity contribution in [3.63, 3.8) is 0 Å². The van der Waals surface area contributed by atoms with Gasteiger partial charge in [-0.05, 0) is 25.5 Å². The van der Waals surface area contributed by atoms with Crippen molar-refractivity contribution in [2.75, 3.05) is 19.7 Å². The summed E-state index contributed by atoms with van der Waals surface area (Å²) in [5, 5.41) is 4.36. The third kappa shape index (κ3) is 3.39. The minimum atomic E-state index is 0.302. The Morgan fingerprint density at radius 2 is 2.05 bits per heavy atom. The molecule has 2 atom stereocenters. The van der Waals surface area contributed by atoms with Gasteiger partial charge in [-0.3, -0.25) is 9.58 Å². The molecular formula is C18H25N3O. The van der Waals surface area contributed by atoms with Gasteiger partial charge < -0.3 is 4.74 Å². The maximum absolute atomic E-state index is 5.90. The summed E-state index contributed by atoms with van der Waals surface area (Å²) in [6.45, 7) is 8.03. The number of hydrogen-bond donors (Lipinski definition) is 0. The van der Waals surface area contributed by atoms with Gasteiger partial charge in [0.15, 0.2) is 0 Å². The highest BCUT2D eigenvalue weighted by atomic mass is 16.5. The number of ether oxygens (including phenoxy) is 1. The number of benzene rings is 1. The predicted molar refractivity (Wildman–Crippen MR) is 87.8 cm³/mol. The number of morpholine rings is 1. The minimum Gasteiger partial charge on any atom is -0.375 e. The van der Waals surface area contributed by atoms with Gasteiger partial charge in [-0.25, -0.2) is 0 Å². The Kier molecular flexibility index (Phi) is 4.90. The predicted octanol–water partition coefficient (Wildman–Crippen LogP) is 2.91. The van der Waals surface area contributed by atoms with E-state index in [0.29, 0.717) is 12.1 Å². The lowest BCUT2D eigenvalue weighted by molar-refractivity contribution is -0.0559. The first-order valence-corrected chi connectivity index (χ1v) is 8.19. The normalized spacial score (nSPS) is 22.8. The number of nitrogens with zero attached hydrogens (tertiary/aromatic N) is 3. The van der Waals surface area contributed by atoms with Crippen LogP contribution in [0.25, 0.3) is 0 Å². The molecule has 0 N–H and O–H groups in total. The van der Waals surface area contributed by atoms with Crippen LogP contribution in [0.5, 0.6) is 0 Å². The zero-order valence-electron chi connectivity index (χ0n) is 13.5. The van der Waals surface area contributed by atoms with E-state index in [1.807, 2.05) is 6.20 Å². The molecule has 0 radical (unpaired) electrons. The van der Waals surface area contributed by atoms with Crippen LogP contribution >= 0.6 is 0 Å². The average molecular weight is 299 g/mol. The van der Waals surface area contributed by atoms with E-state index in [4.69, 9.17) is 4.74 Å². The van der Waals surface area contributed by atoms with E-state index in [2.05, 4.69) is 64.9 Å². The maximum atomic E-state index is 5.90. The molecule has 4 nitrogen and oxygen atoms in total. The van der Waals surface area contributed by atoms with E-state index >= 15 is 0 Å². The largest absolute Gasteiger partial charge is 0.375 e. The zero-order valence-corrected chi connectivity index (χ0v) is 13.5. The Morgan fingerprint density at radius 3 is 2.82 bits per heavy atom. The fourth-order valence-corrected chi connectivity index (χ4v) is 3.22. The molecule has 2 heterocycles. The van der Waals surface area contributed by atoms with Crippen LogP contribution in [0.15, 0.2) is 42.6 Å². The van der Waals surface area contributed by atoms with Crippen molar-refractivity contribution >= 4 is 0 Å². The lowest BCUT2D eigenvalue weighted by Gasteiger charge is -2.39. The summed E-state index contributed by atoms with van der Waals surface area (Å²) in [6, 6.07) is 13.2. The highest BCUT2D eigenvalue weighted by Crippen LogP contribution is 2.26. The van der Waals surface area contributed by atoms with Gasteiger partial charge >= 0.3 is 0 Å². The minimum absolute atomic E-state index is 0.302. The van der Waals surface area contributed by atoms with Crippen LogP contribution in [0.1, 0.15) is 31.1 Å². The van der Waals surface area contributed by atoms with Crippen LogP contribution in [-0.2, 0) is 17.7 Å². The van der Waals surface area contributed by atoms with Crippen molar-refractivity contribution in [1.82, 2.24) is 14.7 Å². The average Bonchev–Trinajstić information content (AvgIpc) is 3.01. The Hall–Kier alpha value is -1.65. The maximum Gasteiger partial charge on any atom is 0.0675 e. The van der Waals surface area contributed by atoms with Crippen molar-refractivity contribution < 1.29 is 4.74 Å². The first-order chi connectivity index (χ1) is 10.8. The second kappa shape index (κ2) is 7.07. The van der Waals surface area contributed by atoms with Crippen LogP contribution in [0.2, 0.25) is 0 Å². The third-order valence-electron chi connectivity index (χ3n) is 4.41. The fourth-order valence-electron chi connectivity index (χ4n) is 3.22. The highest BCUT2D eigenvalue weighted by molar-refractivity contribution is 5.20. The molecule has 1 aliphatic rings. The van der Waals surface area contributed by atoms with E-state index in [9.17, 15) is 0 Å². The van der Waals surface area contributed by atoms with E-state index in [1.165, 1.54) is 11.3 Å². The molecule has 22 heavy (non-hydrogen) atoms. The van der Waals surface area contributed by atoms with Crippen molar-refractivity contribution in [2.24, 2.45) is 0 Å². The Balaban J connectivity index is 1.70. The lowest BCUT2D eigenvalue weighted by Crippen LogP contribution is -2.44. The molecule has 0 spiro atoms. The van der Waals surface area contributed by atoms with Crippen molar-refractivity contribution in [1.29, 1.82) is 0 Å². The molecule has 118 valence electrons. The lowest BCUT2D eigenvalue weighted by atomic mass is 10.0. The van der Waals surface area contributed by atoms with Crippen molar-refractivity contribution in [3.05, 3.63) is 53.9 Å². The third-order valence-corrected chi connectivity index (χ3v) is 4.41. The number of aryl methyl sites for hydroxylation is 1. The number of aromatic nitrogens is 2. The topological polar surface area (TPSA) is 30.3 Å². The van der Waals surface area contributed by atoms with Gasteiger partial charge in [0, 0.05) is 37.9 Å². The van der Waals surface area contributed by atoms with E-state index in [1.54, 1.807) is 0 Å². The van der Waals surface area contributed by atoms with Crippen LogP contribution in [-0.4, -0.2) is 40.5 Å². The molecule has 3 rings (SSSR count). The fraction of sp³-hybridized carbons (Fsp3) is 0.500. The van der Waals surface area contributed by atoms with Crippen molar-refractivity contribution in [2.45, 2.75) is 39.0 Å². The Labute approximate surface area is 132 Å². The first-order valence-electron chi connectivity index (χ1n) is 8.19. The van der Waals surface area contributed by atoms with Crippen LogP contribution in [0, 0.1) is 0 Å². The Bertz CT molecular complexity index is 581. The molecule has 0 unspecified atom stereocenters. The van der Waals surface area contributed by atoms with Gasteiger partial charge in [-0.1, -0.05) is 30.3 Å². The Morgan fingerprint density at radius 1 is 1.23 bits per heavy atom. The summed E-state index contributed by atoms with van der Waals surface area (Å²) in [5.41, 5.74) is 2.66. The summed E-state index contributed by atoms with van der Waals surface area (Å²) in [4.78, 5) is 2.55. The molecule has 0 bridgehead atoms. The molecule has 0 amide bonds. The molecule has 1 saturated heterocycles. The SMILES string of the molecule is CCn1nccc1CCN1C[C@@H](C)OC[C@@H]1c1ccccc1. The van der Waals surface area contributed by atoms with Gasteiger partial charge in [-0.15, -0.1) is 0 Å². The first kappa shape index (κ1) is 15.3. The van der Waals surface area contributed by atoms with E-state index < -0.39 is 0 Å². The summed E-state index contributed by atoms with van der Waals surface area (Å²) in [5.74, 6) is 0. The molecular weight excluding hydrogens is 274 g/mol. The molecule has 4 heteroatoms. The van der Waals surface area contributed by atoms with Crippen LogP contribution in [0.4, 0.5) is 0 Å². The van der Waals surface area contributed by atoms with E-state index in [0.717, 1.165) is 32.7 Å². The summed E-state index contributed by atoms with van der Waals surface area (Å²) in [7, 11) is 0. The molecule has 1 aromatic carbocycles. The van der Waals surface area contributed by atoms with Gasteiger partial charge in [0.05, 0.1) is 18.8 Å². The number of rotatable bonds is 5. The monoisotopic (exact) mass is 299 g/mol. The molecule has 0 saturated carbocycles. The molecule has 1 fully saturated rings. The molecule has 0 aliphatic carbocycles. The molecule has 2 aromatic rings. The van der Waals surface area contributed by atoms with Crippen molar-refractivity contribution in [3.8, 4) is 0 Å². The summed E-state index contributed by atoms with van der Waals surface area (Å²) < 4.78 is 7.98. The van der Waals surface area contributed by atoms with Gasteiger partial charge in [0.1, 0.15) is 0 Å². The smallest absolute Gasteiger partial charge is 0.0675 e. The molecule has 1 aromatic heterocycles. The standard InChI is InChI=1S/C18H25N3O/c1-3-21-17(9-11-19-21)10-12-20-13-15(2)22-14-18(20)16-7-5-4-6-8-16/h4-9,11,15,18H,3,10,12-14H2,1-2H3/t15-,18-/m1/s1. The second-order valence-electron chi connectivity index (χ2n) is 5.95.